The number of thiophene rings is 1. The second-order valence-electron chi connectivity index (χ2n) is 7.82. The molecule has 4 rings (SSSR count). The largest absolute Gasteiger partial charge is 0.497 e. The number of benzene rings is 3. The van der Waals surface area contributed by atoms with Crippen LogP contribution in [0.3, 0.4) is 0 Å². The fourth-order valence-electron chi connectivity index (χ4n) is 3.32. The molecule has 0 fully saturated rings. The Bertz CT molecular complexity index is 1400. The lowest BCUT2D eigenvalue weighted by atomic mass is 10.1. The molecule has 0 saturated carbocycles. The number of hydrogen-bond acceptors (Lipinski definition) is 6. The van der Waals surface area contributed by atoms with Crippen molar-refractivity contribution in [2.75, 3.05) is 18.2 Å². The first-order valence-corrected chi connectivity index (χ1v) is 13.2. The van der Waals surface area contributed by atoms with Crippen LogP contribution in [-0.4, -0.2) is 30.5 Å². The molecule has 1 aromatic heterocycles. The number of rotatable bonds is 10. The second kappa shape index (κ2) is 12.7. The minimum Gasteiger partial charge on any atom is -0.497 e. The van der Waals surface area contributed by atoms with Gasteiger partial charge in [0.1, 0.15) is 11.4 Å². The lowest BCUT2D eigenvalue weighted by Crippen LogP contribution is -2.30. The Morgan fingerprint density at radius 3 is 2.35 bits per heavy atom. The molecule has 3 aromatic carbocycles. The van der Waals surface area contributed by atoms with Gasteiger partial charge in [0.25, 0.3) is 11.8 Å². The van der Waals surface area contributed by atoms with Crippen molar-refractivity contribution >= 4 is 52.5 Å². The number of Topliss-reactive ketones (excluding diaryl/α,β-unsaturated/α-hetero) is 1. The Morgan fingerprint density at radius 2 is 1.65 bits per heavy atom. The van der Waals surface area contributed by atoms with E-state index < -0.39 is 5.91 Å². The zero-order chi connectivity index (χ0) is 26.0. The van der Waals surface area contributed by atoms with Gasteiger partial charge in [-0.1, -0.05) is 36.4 Å². The zero-order valence-corrected chi connectivity index (χ0v) is 21.6. The fourth-order valence-corrected chi connectivity index (χ4v) is 4.77. The molecule has 6 nitrogen and oxygen atoms in total. The molecule has 0 spiro atoms. The van der Waals surface area contributed by atoms with Gasteiger partial charge < -0.3 is 15.4 Å². The molecule has 2 amide bonds. The van der Waals surface area contributed by atoms with Crippen LogP contribution in [0.25, 0.3) is 6.08 Å². The number of nitrogens with one attached hydrogen (secondary N) is 2. The van der Waals surface area contributed by atoms with Crippen molar-refractivity contribution in [1.82, 2.24) is 5.32 Å². The molecule has 0 saturated heterocycles. The van der Waals surface area contributed by atoms with Crippen LogP contribution in [0.4, 0.5) is 5.69 Å². The first-order chi connectivity index (χ1) is 18.0. The van der Waals surface area contributed by atoms with Gasteiger partial charge >= 0.3 is 0 Å². The van der Waals surface area contributed by atoms with Crippen LogP contribution in [0, 0.1) is 0 Å². The highest BCUT2D eigenvalue weighted by Gasteiger charge is 2.15. The van der Waals surface area contributed by atoms with Crippen LogP contribution in [-0.2, 0) is 4.79 Å². The Kier molecular flexibility index (Phi) is 8.91. The number of amides is 2. The molecule has 4 aromatic rings. The maximum atomic E-state index is 13.1. The van der Waals surface area contributed by atoms with Gasteiger partial charge in [0.2, 0.25) is 0 Å². The predicted octanol–water partition coefficient (Wildman–Crippen LogP) is 6.14. The fraction of sp³-hybridized carbons (Fsp3) is 0.0690. The van der Waals surface area contributed by atoms with Crippen LogP contribution in [0.2, 0.25) is 0 Å². The molecule has 0 radical (unpaired) electrons. The van der Waals surface area contributed by atoms with Crippen molar-refractivity contribution in [1.29, 1.82) is 0 Å². The van der Waals surface area contributed by atoms with Gasteiger partial charge in [0.15, 0.2) is 5.78 Å². The first-order valence-electron chi connectivity index (χ1n) is 11.3. The van der Waals surface area contributed by atoms with E-state index in [0.29, 0.717) is 22.6 Å². The standard InChI is InChI=1S/C29H24N2O4S2/c1-35-23-10-5-9-21(17-23)27(32)19-37-24-14-12-22(13-15-24)30-29(34)26(18-25-11-6-16-36-25)31-28(33)20-7-3-2-4-8-20/h2-18H,19H2,1H3,(H,30,34)(H,31,33)/b26-18-. The highest BCUT2D eigenvalue weighted by atomic mass is 32.2. The van der Waals surface area contributed by atoms with E-state index in [1.807, 2.05) is 35.7 Å². The van der Waals surface area contributed by atoms with Gasteiger partial charge in [-0.05, 0) is 66.1 Å². The minimum absolute atomic E-state index is 0.00112. The SMILES string of the molecule is COc1cccc(C(=O)CSc2ccc(NC(=O)/C(=C/c3cccs3)NC(=O)c3ccccc3)cc2)c1. The van der Waals surface area contributed by atoms with E-state index in [0.717, 1.165) is 9.77 Å². The average Bonchev–Trinajstić information content (AvgIpc) is 3.46. The van der Waals surface area contributed by atoms with Crippen molar-refractivity contribution < 1.29 is 19.1 Å². The molecule has 186 valence electrons. The third-order valence-corrected chi connectivity index (χ3v) is 7.06. The summed E-state index contributed by atoms with van der Waals surface area (Å²) >= 11 is 2.87. The van der Waals surface area contributed by atoms with E-state index in [1.54, 1.807) is 73.8 Å². The van der Waals surface area contributed by atoms with E-state index in [4.69, 9.17) is 4.74 Å². The molecule has 0 atom stereocenters. The number of ether oxygens (including phenoxy) is 1. The van der Waals surface area contributed by atoms with Crippen LogP contribution in [0.15, 0.2) is 107 Å². The zero-order valence-electron chi connectivity index (χ0n) is 20.0. The van der Waals surface area contributed by atoms with Gasteiger partial charge in [0.05, 0.1) is 12.9 Å². The summed E-state index contributed by atoms with van der Waals surface area (Å²) in [5.41, 5.74) is 1.76. The van der Waals surface area contributed by atoms with Gasteiger partial charge in [-0.15, -0.1) is 23.1 Å². The third kappa shape index (κ3) is 7.42. The number of ketones is 1. The summed E-state index contributed by atoms with van der Waals surface area (Å²) in [5.74, 6) is 0.109. The van der Waals surface area contributed by atoms with Crippen LogP contribution < -0.4 is 15.4 Å². The van der Waals surface area contributed by atoms with Crippen molar-refractivity contribution in [2.24, 2.45) is 0 Å². The van der Waals surface area contributed by atoms with Crippen LogP contribution in [0.5, 0.6) is 5.75 Å². The molecular weight excluding hydrogens is 504 g/mol. The van der Waals surface area contributed by atoms with E-state index in [-0.39, 0.29) is 23.1 Å². The Balaban J connectivity index is 1.39. The van der Waals surface area contributed by atoms with Gasteiger partial charge in [-0.25, -0.2) is 0 Å². The first kappa shape index (κ1) is 25.9. The van der Waals surface area contributed by atoms with E-state index >= 15 is 0 Å². The summed E-state index contributed by atoms with van der Waals surface area (Å²) in [5, 5.41) is 7.46. The van der Waals surface area contributed by atoms with E-state index in [2.05, 4.69) is 10.6 Å². The molecular formula is C29H24N2O4S2. The highest BCUT2D eigenvalue weighted by molar-refractivity contribution is 8.00. The Labute approximate surface area is 223 Å². The number of carbonyl (C=O) groups is 3. The predicted molar refractivity (Wildman–Crippen MR) is 149 cm³/mol. The minimum atomic E-state index is -0.439. The molecule has 0 bridgehead atoms. The molecule has 2 N–H and O–H groups in total. The van der Waals surface area contributed by atoms with Crippen LogP contribution >= 0.6 is 23.1 Å². The quantitative estimate of drug-likeness (QED) is 0.147. The van der Waals surface area contributed by atoms with Gasteiger partial charge in [-0.2, -0.15) is 0 Å². The normalized spacial score (nSPS) is 11.0. The average molecular weight is 529 g/mol. The summed E-state index contributed by atoms with van der Waals surface area (Å²) in [7, 11) is 1.57. The van der Waals surface area contributed by atoms with Gasteiger partial charge in [-0.3, -0.25) is 14.4 Å². The smallest absolute Gasteiger partial charge is 0.272 e. The molecule has 1 heterocycles. The molecule has 37 heavy (non-hydrogen) atoms. The van der Waals surface area contributed by atoms with E-state index in [1.165, 1.54) is 23.1 Å². The molecule has 0 aliphatic carbocycles. The Hall–Kier alpha value is -4.14. The van der Waals surface area contributed by atoms with Crippen molar-refractivity contribution in [2.45, 2.75) is 4.90 Å². The van der Waals surface area contributed by atoms with Crippen molar-refractivity contribution in [3.8, 4) is 5.75 Å². The maximum Gasteiger partial charge on any atom is 0.272 e. The molecule has 8 heteroatoms. The Morgan fingerprint density at radius 1 is 0.892 bits per heavy atom. The summed E-state index contributed by atoms with van der Waals surface area (Å²) in [6, 6.07) is 26.7. The highest BCUT2D eigenvalue weighted by Crippen LogP contribution is 2.23. The third-order valence-electron chi connectivity index (χ3n) is 5.23. The monoisotopic (exact) mass is 528 g/mol. The number of anilines is 1. The lowest BCUT2D eigenvalue weighted by molar-refractivity contribution is -0.113. The number of thioether (sulfide) groups is 1. The molecule has 0 aliphatic heterocycles. The molecule has 0 aliphatic rings. The van der Waals surface area contributed by atoms with Crippen molar-refractivity contribution in [3.05, 3.63) is 118 Å². The summed E-state index contributed by atoms with van der Waals surface area (Å²) in [4.78, 5) is 40.0. The number of carbonyl (C=O) groups excluding carboxylic acids is 3. The van der Waals surface area contributed by atoms with E-state index in [9.17, 15) is 14.4 Å². The maximum absolute atomic E-state index is 13.1. The number of hydrogen-bond donors (Lipinski definition) is 2. The van der Waals surface area contributed by atoms with Crippen molar-refractivity contribution in [3.63, 3.8) is 0 Å². The van der Waals surface area contributed by atoms with Crippen LogP contribution in [0.1, 0.15) is 25.6 Å². The lowest BCUT2D eigenvalue weighted by Gasteiger charge is -2.11. The summed E-state index contributed by atoms with van der Waals surface area (Å²) in [6.45, 7) is 0. The number of methoxy groups -OCH3 is 1. The van der Waals surface area contributed by atoms with Gasteiger partial charge in [0, 0.05) is 26.6 Å². The summed E-state index contributed by atoms with van der Waals surface area (Å²) in [6.07, 6.45) is 1.65. The topological polar surface area (TPSA) is 84.5 Å². The molecule has 0 unspecified atom stereocenters. The summed E-state index contributed by atoms with van der Waals surface area (Å²) < 4.78 is 5.18. The second-order valence-corrected chi connectivity index (χ2v) is 9.84.